The zero-order valence-corrected chi connectivity index (χ0v) is 11.2. The molecule has 76 valence electrons. The van der Waals surface area contributed by atoms with Gasteiger partial charge in [0, 0.05) is 0 Å². The fourth-order valence-corrected chi connectivity index (χ4v) is 3.22. The quantitative estimate of drug-likeness (QED) is 0.716. The van der Waals surface area contributed by atoms with Crippen molar-refractivity contribution in [2.24, 2.45) is 0 Å². The fourth-order valence-electron chi connectivity index (χ4n) is 1.07. The second kappa shape index (κ2) is 5.35. The predicted molar refractivity (Wildman–Crippen MR) is 59.0 cm³/mol. The van der Waals surface area contributed by atoms with Gasteiger partial charge in [-0.1, -0.05) is 0 Å². The van der Waals surface area contributed by atoms with Gasteiger partial charge >= 0.3 is 0 Å². The maximum absolute atomic E-state index is 12.1. The van der Waals surface area contributed by atoms with Crippen LogP contribution in [-0.2, 0) is 4.57 Å². The molecular weight excluding hydrogens is 241 g/mol. The van der Waals surface area contributed by atoms with E-state index in [0.717, 1.165) is 0 Å². The van der Waals surface area contributed by atoms with Gasteiger partial charge < -0.3 is 0 Å². The minimum atomic E-state index is -2.44. The van der Waals surface area contributed by atoms with Crippen molar-refractivity contribution in [2.75, 3.05) is 42.3 Å². The normalized spacial score (nSPS) is 12.4. The first-order valence-corrected chi connectivity index (χ1v) is 5.03. The summed E-state index contributed by atoms with van der Waals surface area (Å²) in [5, 5.41) is 0. The average molecular weight is 260 g/mol. The summed E-state index contributed by atoms with van der Waals surface area (Å²) in [6.45, 7) is 0. The minimum Gasteiger partial charge on any atom is -0.270 e. The largest absolute Gasteiger partial charge is 0.285 e. The van der Waals surface area contributed by atoms with Crippen LogP contribution in [-0.4, -0.2) is 56.3 Å². The van der Waals surface area contributed by atoms with Gasteiger partial charge in [0.25, 0.3) is 7.59 Å². The van der Waals surface area contributed by atoms with Crippen LogP contribution in [0, 0.1) is 0 Å². The van der Waals surface area contributed by atoms with Gasteiger partial charge in [0.2, 0.25) is 0 Å². The third-order valence-electron chi connectivity index (χ3n) is 1.56. The van der Waals surface area contributed by atoms with E-state index in [1.54, 1.807) is 14.0 Å². The first-order valence-electron chi connectivity index (χ1n) is 3.47. The van der Waals surface area contributed by atoms with Crippen LogP contribution in [0.4, 0.5) is 0 Å². The predicted octanol–water partition coefficient (Wildman–Crippen LogP) is 1.36. The SMILES string of the molecule is Br.CN(C)P(=O)(N(C)C)N(C)C. The zero-order chi connectivity index (χ0) is 9.23. The fraction of sp³-hybridized carbons (Fsp3) is 1.00. The molecule has 0 aliphatic heterocycles. The van der Waals surface area contributed by atoms with Gasteiger partial charge in [-0.2, -0.15) is 0 Å². The molecule has 0 saturated heterocycles. The van der Waals surface area contributed by atoms with Gasteiger partial charge in [0.15, 0.2) is 0 Å². The van der Waals surface area contributed by atoms with Crippen LogP contribution in [0.3, 0.4) is 0 Å². The summed E-state index contributed by atoms with van der Waals surface area (Å²) < 4.78 is 17.3. The summed E-state index contributed by atoms with van der Waals surface area (Å²) in [6.07, 6.45) is 0. The van der Waals surface area contributed by atoms with E-state index in [1.807, 2.05) is 42.3 Å². The number of nitrogens with zero attached hydrogens (tertiary/aromatic N) is 3. The minimum absolute atomic E-state index is 0. The van der Waals surface area contributed by atoms with Crippen LogP contribution in [0.2, 0.25) is 0 Å². The Bertz CT molecular complexity index is 144. The van der Waals surface area contributed by atoms with Gasteiger partial charge in [-0.15, -0.1) is 17.0 Å². The molecule has 0 atom stereocenters. The first kappa shape index (κ1) is 15.1. The molecule has 0 rings (SSSR count). The maximum atomic E-state index is 12.1. The molecule has 0 aliphatic rings. The van der Waals surface area contributed by atoms with E-state index in [9.17, 15) is 4.57 Å². The van der Waals surface area contributed by atoms with E-state index in [2.05, 4.69) is 0 Å². The topological polar surface area (TPSA) is 26.8 Å². The van der Waals surface area contributed by atoms with Crippen LogP contribution in [0.5, 0.6) is 0 Å². The van der Waals surface area contributed by atoms with Crippen LogP contribution in [0.1, 0.15) is 0 Å². The highest BCUT2D eigenvalue weighted by molar-refractivity contribution is 8.93. The highest BCUT2D eigenvalue weighted by Crippen LogP contribution is 2.50. The molecular formula is C6H19BrN3OP. The lowest BCUT2D eigenvalue weighted by molar-refractivity contribution is 0.383. The monoisotopic (exact) mass is 259 g/mol. The summed E-state index contributed by atoms with van der Waals surface area (Å²) in [4.78, 5) is 0. The van der Waals surface area contributed by atoms with Crippen LogP contribution in [0.25, 0.3) is 0 Å². The molecule has 0 N–H and O–H groups in total. The third kappa shape index (κ3) is 2.82. The molecule has 0 aromatic rings. The van der Waals surface area contributed by atoms with E-state index in [-0.39, 0.29) is 17.0 Å². The molecule has 6 heteroatoms. The van der Waals surface area contributed by atoms with Crippen molar-refractivity contribution in [3.8, 4) is 0 Å². The highest BCUT2D eigenvalue weighted by atomic mass is 79.9. The summed E-state index contributed by atoms with van der Waals surface area (Å²) in [5.41, 5.74) is 0. The van der Waals surface area contributed by atoms with Crippen LogP contribution in [0.15, 0.2) is 0 Å². The number of hydrogen-bond donors (Lipinski definition) is 0. The van der Waals surface area contributed by atoms with Gasteiger partial charge in [0.1, 0.15) is 0 Å². The van der Waals surface area contributed by atoms with Crippen molar-refractivity contribution in [2.45, 2.75) is 0 Å². The molecule has 0 heterocycles. The molecule has 0 bridgehead atoms. The molecule has 0 aromatic heterocycles. The second-order valence-electron chi connectivity index (χ2n) is 3.05. The zero-order valence-electron chi connectivity index (χ0n) is 8.61. The number of halogens is 1. The lowest BCUT2D eigenvalue weighted by Gasteiger charge is -2.34. The Morgan fingerprint density at radius 1 is 0.750 bits per heavy atom. The molecule has 4 nitrogen and oxygen atoms in total. The van der Waals surface area contributed by atoms with Crippen LogP contribution < -0.4 is 0 Å². The molecule has 0 saturated carbocycles. The molecule has 12 heavy (non-hydrogen) atoms. The van der Waals surface area contributed by atoms with E-state index in [0.29, 0.717) is 0 Å². The molecule has 0 unspecified atom stereocenters. The van der Waals surface area contributed by atoms with Crippen molar-refractivity contribution in [3.05, 3.63) is 0 Å². The lowest BCUT2D eigenvalue weighted by atomic mass is 11.2. The number of rotatable bonds is 3. The van der Waals surface area contributed by atoms with E-state index >= 15 is 0 Å². The molecule has 0 amide bonds. The van der Waals surface area contributed by atoms with Gasteiger partial charge in [0.05, 0.1) is 0 Å². The Kier molecular flexibility index (Phi) is 6.72. The Balaban J connectivity index is 0. The highest BCUT2D eigenvalue weighted by Gasteiger charge is 2.30. The van der Waals surface area contributed by atoms with Crippen molar-refractivity contribution >= 4 is 24.6 Å². The molecule has 0 aliphatic carbocycles. The summed E-state index contributed by atoms with van der Waals surface area (Å²) in [7, 11) is 8.49. The van der Waals surface area contributed by atoms with E-state index < -0.39 is 7.59 Å². The van der Waals surface area contributed by atoms with Gasteiger partial charge in [-0.3, -0.25) is 4.57 Å². The van der Waals surface area contributed by atoms with E-state index in [4.69, 9.17) is 0 Å². The van der Waals surface area contributed by atoms with Crippen molar-refractivity contribution in [1.29, 1.82) is 0 Å². The van der Waals surface area contributed by atoms with Crippen LogP contribution >= 0.6 is 24.6 Å². The van der Waals surface area contributed by atoms with E-state index in [1.165, 1.54) is 0 Å². The number of hydrogen-bond acceptors (Lipinski definition) is 1. The smallest absolute Gasteiger partial charge is 0.270 e. The van der Waals surface area contributed by atoms with Gasteiger partial charge in [-0.05, 0) is 42.3 Å². The van der Waals surface area contributed by atoms with Gasteiger partial charge in [-0.25, -0.2) is 14.0 Å². The molecule has 0 aromatic carbocycles. The molecule has 0 radical (unpaired) electrons. The summed E-state index contributed by atoms with van der Waals surface area (Å²) in [5.74, 6) is 0. The second-order valence-corrected chi connectivity index (χ2v) is 6.48. The average Bonchev–Trinajstić information content (AvgIpc) is 1.84. The standard InChI is InChI=1S/C6H18N3OP.BrH/c1-7(2)11(10,8(3)4)9(5)6;/h1-6H3;1H. The Labute approximate surface area is 85.8 Å². The summed E-state index contributed by atoms with van der Waals surface area (Å²) in [6, 6.07) is 0. The third-order valence-corrected chi connectivity index (χ3v) is 4.69. The summed E-state index contributed by atoms with van der Waals surface area (Å²) >= 11 is 0. The Morgan fingerprint density at radius 3 is 0.917 bits per heavy atom. The maximum Gasteiger partial charge on any atom is 0.285 e. The lowest BCUT2D eigenvalue weighted by Crippen LogP contribution is -2.30. The molecule has 0 fully saturated rings. The first-order chi connectivity index (χ1) is 4.83. The van der Waals surface area contributed by atoms with Crippen molar-refractivity contribution in [1.82, 2.24) is 14.0 Å². The molecule has 0 spiro atoms. The Morgan fingerprint density at radius 2 is 0.917 bits per heavy atom. The Hall–Kier alpha value is 0.590. The van der Waals surface area contributed by atoms with Crippen molar-refractivity contribution in [3.63, 3.8) is 0 Å². The van der Waals surface area contributed by atoms with Crippen molar-refractivity contribution < 1.29 is 4.57 Å².